The van der Waals surface area contributed by atoms with Crippen molar-refractivity contribution in [2.45, 2.75) is 0 Å². The van der Waals surface area contributed by atoms with Gasteiger partial charge in [-0.1, -0.05) is 23.2 Å². The number of nitrogens with zero attached hydrogens (tertiary/aromatic N) is 3. The van der Waals surface area contributed by atoms with Crippen LogP contribution in [0.4, 0.5) is 37.5 Å². The van der Waals surface area contributed by atoms with Gasteiger partial charge in [0.05, 0.1) is 21.3 Å². The van der Waals surface area contributed by atoms with E-state index in [1.54, 1.807) is 0 Å². The van der Waals surface area contributed by atoms with E-state index in [9.17, 15) is 18.9 Å². The topological polar surface area (TPSA) is 93.0 Å². The molecule has 3 rings (SSSR count). The lowest BCUT2D eigenvalue weighted by Crippen LogP contribution is -2.06. The maximum Gasteiger partial charge on any atom is 0.353 e. The van der Waals surface area contributed by atoms with Crippen molar-refractivity contribution in [2.75, 3.05) is 10.6 Å². The molecular weight excluding hydrogens is 403 g/mol. The molecule has 3 aromatic rings. The molecule has 0 unspecified atom stereocenters. The van der Waals surface area contributed by atoms with Crippen molar-refractivity contribution < 1.29 is 13.7 Å². The minimum Gasteiger partial charge on any atom is -0.333 e. The summed E-state index contributed by atoms with van der Waals surface area (Å²) >= 11 is 11.9. The van der Waals surface area contributed by atoms with Crippen molar-refractivity contribution >= 4 is 51.9 Å². The van der Waals surface area contributed by atoms with Gasteiger partial charge in [-0.25, -0.2) is 18.7 Å². The van der Waals surface area contributed by atoms with Crippen molar-refractivity contribution in [2.24, 2.45) is 0 Å². The fraction of sp³-hybridized carbons (Fsp3) is 0. The highest BCUT2D eigenvalue weighted by Gasteiger charge is 2.24. The molecule has 0 spiro atoms. The molecule has 27 heavy (non-hydrogen) atoms. The van der Waals surface area contributed by atoms with Gasteiger partial charge in [-0.3, -0.25) is 10.1 Å². The summed E-state index contributed by atoms with van der Waals surface area (Å²) in [7, 11) is 0. The lowest BCUT2D eigenvalue weighted by molar-refractivity contribution is -0.383. The lowest BCUT2D eigenvalue weighted by Gasteiger charge is -2.11. The van der Waals surface area contributed by atoms with Gasteiger partial charge in [0.2, 0.25) is 11.6 Å². The van der Waals surface area contributed by atoms with Gasteiger partial charge in [-0.2, -0.15) is 0 Å². The Morgan fingerprint density at radius 2 is 1.59 bits per heavy atom. The number of aromatic nitrogens is 2. The number of hydrogen-bond acceptors (Lipinski definition) is 6. The van der Waals surface area contributed by atoms with E-state index in [1.165, 1.54) is 18.2 Å². The largest absolute Gasteiger partial charge is 0.353 e. The standard InChI is InChI=1S/C16H9Cl2F2N5O2/c17-8-1-3-12(10(18)5-8)23-15-14(25(26)27)16(22-7-21-15)24-13-4-2-9(19)6-11(13)20/h1-7H,(H2,21,22,23,24). The molecule has 0 saturated carbocycles. The van der Waals surface area contributed by atoms with Crippen LogP contribution in [0.2, 0.25) is 10.0 Å². The lowest BCUT2D eigenvalue weighted by atomic mass is 10.3. The van der Waals surface area contributed by atoms with Crippen molar-refractivity contribution in [3.8, 4) is 0 Å². The van der Waals surface area contributed by atoms with Crippen molar-refractivity contribution in [1.29, 1.82) is 0 Å². The summed E-state index contributed by atoms with van der Waals surface area (Å²) in [6.45, 7) is 0. The number of nitro groups is 1. The molecule has 0 amide bonds. The zero-order chi connectivity index (χ0) is 19.6. The second-order valence-corrected chi connectivity index (χ2v) is 6.02. The Balaban J connectivity index is 2.01. The molecule has 0 radical (unpaired) electrons. The molecule has 2 N–H and O–H groups in total. The van der Waals surface area contributed by atoms with Crippen LogP contribution >= 0.6 is 23.2 Å². The molecule has 7 nitrogen and oxygen atoms in total. The van der Waals surface area contributed by atoms with E-state index in [2.05, 4.69) is 20.6 Å². The minimum atomic E-state index is -0.932. The number of rotatable bonds is 5. The molecule has 0 fully saturated rings. The Morgan fingerprint density at radius 1 is 0.963 bits per heavy atom. The quantitative estimate of drug-likeness (QED) is 0.427. The molecule has 1 heterocycles. The average Bonchev–Trinajstić information content (AvgIpc) is 2.60. The Hall–Kier alpha value is -3.04. The summed E-state index contributed by atoms with van der Waals surface area (Å²) in [6.07, 6.45) is 1.04. The first-order valence-corrected chi connectivity index (χ1v) is 8.04. The highest BCUT2D eigenvalue weighted by atomic mass is 35.5. The van der Waals surface area contributed by atoms with Crippen LogP contribution in [0.5, 0.6) is 0 Å². The van der Waals surface area contributed by atoms with Crippen LogP contribution in [0.3, 0.4) is 0 Å². The maximum absolute atomic E-state index is 13.8. The Labute approximate surface area is 161 Å². The second kappa shape index (κ2) is 7.68. The van der Waals surface area contributed by atoms with Gasteiger partial charge >= 0.3 is 5.69 Å². The number of nitrogens with one attached hydrogen (secondary N) is 2. The molecule has 2 aromatic carbocycles. The van der Waals surface area contributed by atoms with Gasteiger partial charge in [0.1, 0.15) is 18.0 Å². The van der Waals surface area contributed by atoms with E-state index in [4.69, 9.17) is 23.2 Å². The zero-order valence-electron chi connectivity index (χ0n) is 13.2. The molecule has 11 heteroatoms. The maximum atomic E-state index is 13.8. The van der Waals surface area contributed by atoms with Crippen LogP contribution in [-0.2, 0) is 0 Å². The first-order valence-electron chi connectivity index (χ1n) is 7.28. The highest BCUT2D eigenvalue weighted by molar-refractivity contribution is 6.36. The Kier molecular flexibility index (Phi) is 5.33. The molecular formula is C16H9Cl2F2N5O2. The summed E-state index contributed by atoms with van der Waals surface area (Å²) < 4.78 is 26.9. The van der Waals surface area contributed by atoms with E-state index in [-0.39, 0.29) is 22.3 Å². The molecule has 0 aliphatic heterocycles. The van der Waals surface area contributed by atoms with E-state index in [0.29, 0.717) is 16.8 Å². The van der Waals surface area contributed by atoms with E-state index >= 15 is 0 Å². The second-order valence-electron chi connectivity index (χ2n) is 5.17. The van der Waals surface area contributed by atoms with E-state index < -0.39 is 22.2 Å². The van der Waals surface area contributed by atoms with E-state index in [1.807, 2.05) is 0 Å². The van der Waals surface area contributed by atoms with Crippen LogP contribution < -0.4 is 10.6 Å². The highest BCUT2D eigenvalue weighted by Crippen LogP contribution is 2.35. The number of hydrogen-bond donors (Lipinski definition) is 2. The summed E-state index contributed by atoms with van der Waals surface area (Å²) in [5.74, 6) is -2.18. The number of benzene rings is 2. The minimum absolute atomic E-state index is 0.177. The molecule has 0 aliphatic carbocycles. The van der Waals surface area contributed by atoms with Crippen LogP contribution in [-0.4, -0.2) is 14.9 Å². The normalized spacial score (nSPS) is 10.5. The molecule has 0 atom stereocenters. The summed E-state index contributed by atoms with van der Waals surface area (Å²) in [6, 6.07) is 7.25. The smallest absolute Gasteiger partial charge is 0.333 e. The van der Waals surface area contributed by atoms with Gasteiger partial charge in [0.25, 0.3) is 0 Å². The van der Waals surface area contributed by atoms with Crippen molar-refractivity contribution in [3.05, 3.63) is 74.5 Å². The van der Waals surface area contributed by atoms with Crippen LogP contribution in [0.1, 0.15) is 0 Å². The SMILES string of the molecule is O=[N+]([O-])c1c(Nc2ccc(F)cc2F)ncnc1Nc1ccc(Cl)cc1Cl. The van der Waals surface area contributed by atoms with Crippen molar-refractivity contribution in [3.63, 3.8) is 0 Å². The van der Waals surface area contributed by atoms with Crippen LogP contribution in [0, 0.1) is 21.7 Å². The number of halogens is 4. The Bertz CT molecular complexity index is 964. The van der Waals surface area contributed by atoms with Crippen LogP contribution in [0.15, 0.2) is 42.7 Å². The van der Waals surface area contributed by atoms with E-state index in [0.717, 1.165) is 18.5 Å². The third-order valence-electron chi connectivity index (χ3n) is 3.37. The predicted molar refractivity (Wildman–Crippen MR) is 98.1 cm³/mol. The molecule has 138 valence electrons. The summed E-state index contributed by atoms with van der Waals surface area (Å²) in [5.41, 5.74) is -0.414. The number of anilines is 4. The molecule has 0 bridgehead atoms. The predicted octanol–water partition coefficient (Wildman–Crippen LogP) is 5.46. The van der Waals surface area contributed by atoms with Gasteiger partial charge in [-0.15, -0.1) is 0 Å². The summed E-state index contributed by atoms with van der Waals surface area (Å²) in [4.78, 5) is 18.4. The molecule has 1 aromatic heterocycles. The van der Waals surface area contributed by atoms with Crippen LogP contribution in [0.25, 0.3) is 0 Å². The van der Waals surface area contributed by atoms with Gasteiger partial charge in [-0.05, 0) is 30.3 Å². The summed E-state index contributed by atoms with van der Waals surface area (Å²) in [5, 5.41) is 17.3. The average molecular weight is 412 g/mol. The Morgan fingerprint density at radius 3 is 2.19 bits per heavy atom. The fourth-order valence-corrected chi connectivity index (χ4v) is 2.63. The monoisotopic (exact) mass is 411 g/mol. The first kappa shape index (κ1) is 18.7. The zero-order valence-corrected chi connectivity index (χ0v) is 14.7. The van der Waals surface area contributed by atoms with Gasteiger partial charge in [0, 0.05) is 11.1 Å². The first-order chi connectivity index (χ1) is 12.8. The van der Waals surface area contributed by atoms with Gasteiger partial charge in [0.15, 0.2) is 0 Å². The van der Waals surface area contributed by atoms with Gasteiger partial charge < -0.3 is 10.6 Å². The van der Waals surface area contributed by atoms with Crippen molar-refractivity contribution in [1.82, 2.24) is 9.97 Å². The molecule has 0 saturated heterocycles. The third-order valence-corrected chi connectivity index (χ3v) is 3.92. The third kappa shape index (κ3) is 4.21. The molecule has 0 aliphatic rings. The fourth-order valence-electron chi connectivity index (χ4n) is 2.17.